The zero-order valence-electron chi connectivity index (χ0n) is 13.6. The van der Waals surface area contributed by atoms with Crippen LogP contribution in [0.4, 0.5) is 0 Å². The van der Waals surface area contributed by atoms with E-state index in [-0.39, 0.29) is 5.54 Å². The van der Waals surface area contributed by atoms with Crippen LogP contribution in [0.3, 0.4) is 0 Å². The number of nitrogens with zero attached hydrogens (tertiary/aromatic N) is 1. The van der Waals surface area contributed by atoms with E-state index in [1.54, 1.807) is 0 Å². The molecule has 3 nitrogen and oxygen atoms in total. The summed E-state index contributed by atoms with van der Waals surface area (Å²) in [5, 5.41) is 4.58. The van der Waals surface area contributed by atoms with Crippen molar-refractivity contribution in [1.29, 1.82) is 0 Å². The largest absolute Gasteiger partial charge is 0.323 e. The van der Waals surface area contributed by atoms with Gasteiger partial charge in [-0.1, -0.05) is 26.2 Å². The number of thioether (sulfide) groups is 1. The molecular formula is C17H30N2OS. The Morgan fingerprint density at radius 3 is 2.48 bits per heavy atom. The number of amides is 1. The standard InChI is InChI=1S/C17H30N2OS/c1-3-6-15-18-17(11-4-5-12-17)16(20)19(15)13-7-9-14(21-2)10-8-13/h13-15,18H,3-12H2,1-2H3. The van der Waals surface area contributed by atoms with Crippen molar-refractivity contribution in [2.45, 2.75) is 94.1 Å². The van der Waals surface area contributed by atoms with Crippen molar-refractivity contribution in [1.82, 2.24) is 10.2 Å². The summed E-state index contributed by atoms with van der Waals surface area (Å²) >= 11 is 2.00. The number of carbonyl (C=O) groups excluding carboxylic acids is 1. The van der Waals surface area contributed by atoms with E-state index >= 15 is 0 Å². The van der Waals surface area contributed by atoms with E-state index in [0.717, 1.165) is 30.9 Å². The van der Waals surface area contributed by atoms with Crippen LogP contribution in [-0.4, -0.2) is 40.1 Å². The third-order valence-corrected chi connectivity index (χ3v) is 6.95. The highest BCUT2D eigenvalue weighted by Gasteiger charge is 2.53. The fourth-order valence-corrected chi connectivity index (χ4v) is 5.38. The summed E-state index contributed by atoms with van der Waals surface area (Å²) in [6.45, 7) is 2.23. The van der Waals surface area contributed by atoms with Crippen LogP contribution >= 0.6 is 11.8 Å². The van der Waals surface area contributed by atoms with Gasteiger partial charge in [-0.25, -0.2) is 0 Å². The van der Waals surface area contributed by atoms with Gasteiger partial charge in [0.15, 0.2) is 0 Å². The second-order valence-electron chi connectivity index (χ2n) is 7.12. The van der Waals surface area contributed by atoms with Crippen LogP contribution in [0.2, 0.25) is 0 Å². The van der Waals surface area contributed by atoms with E-state index < -0.39 is 0 Å². The Kier molecular flexibility index (Phi) is 4.84. The molecule has 1 N–H and O–H groups in total. The van der Waals surface area contributed by atoms with E-state index in [2.05, 4.69) is 23.4 Å². The van der Waals surface area contributed by atoms with Crippen molar-refractivity contribution in [3.8, 4) is 0 Å². The SMILES string of the molecule is CCCC1NC2(CCCC2)C(=O)N1C1CCC(SC)CC1. The predicted molar refractivity (Wildman–Crippen MR) is 89.4 cm³/mol. The molecule has 21 heavy (non-hydrogen) atoms. The molecule has 0 aromatic rings. The van der Waals surface area contributed by atoms with Crippen LogP contribution < -0.4 is 5.32 Å². The summed E-state index contributed by atoms with van der Waals surface area (Å²) in [6, 6.07) is 0.491. The maximum Gasteiger partial charge on any atom is 0.244 e. The minimum atomic E-state index is -0.184. The van der Waals surface area contributed by atoms with Crippen LogP contribution in [-0.2, 0) is 4.79 Å². The Balaban J connectivity index is 1.73. The zero-order chi connectivity index (χ0) is 14.9. The third kappa shape index (κ3) is 2.86. The average molecular weight is 311 g/mol. The van der Waals surface area contributed by atoms with Gasteiger partial charge in [-0.2, -0.15) is 11.8 Å². The van der Waals surface area contributed by atoms with Gasteiger partial charge in [0.2, 0.25) is 5.91 Å². The molecule has 1 atom stereocenters. The molecule has 4 heteroatoms. The first kappa shape index (κ1) is 15.7. The molecule has 3 fully saturated rings. The summed E-state index contributed by atoms with van der Waals surface area (Å²) < 4.78 is 0. The van der Waals surface area contributed by atoms with Gasteiger partial charge in [-0.05, 0) is 51.2 Å². The van der Waals surface area contributed by atoms with Crippen molar-refractivity contribution in [3.63, 3.8) is 0 Å². The molecule has 0 aromatic carbocycles. The van der Waals surface area contributed by atoms with Gasteiger partial charge in [0.25, 0.3) is 0 Å². The lowest BCUT2D eigenvalue weighted by atomic mass is 9.92. The normalized spacial score (nSPS) is 35.8. The first-order valence-corrected chi connectivity index (χ1v) is 10.1. The van der Waals surface area contributed by atoms with Crippen LogP contribution in [0.1, 0.15) is 71.1 Å². The summed E-state index contributed by atoms with van der Waals surface area (Å²) in [5.74, 6) is 0.436. The molecular weight excluding hydrogens is 280 g/mol. The van der Waals surface area contributed by atoms with E-state index in [1.165, 1.54) is 38.5 Å². The molecule has 1 heterocycles. The molecule has 1 spiro atoms. The molecule has 1 saturated heterocycles. The highest BCUT2D eigenvalue weighted by atomic mass is 32.2. The highest BCUT2D eigenvalue weighted by Crippen LogP contribution is 2.40. The van der Waals surface area contributed by atoms with Gasteiger partial charge in [0, 0.05) is 11.3 Å². The average Bonchev–Trinajstić information content (AvgIpc) is 3.07. The van der Waals surface area contributed by atoms with Crippen LogP contribution in [0.25, 0.3) is 0 Å². The Hall–Kier alpha value is -0.220. The molecule has 1 aliphatic heterocycles. The van der Waals surface area contributed by atoms with Gasteiger partial charge < -0.3 is 4.90 Å². The summed E-state index contributed by atoms with van der Waals surface area (Å²) in [6.07, 6.45) is 14.3. The van der Waals surface area contributed by atoms with Gasteiger partial charge >= 0.3 is 0 Å². The highest BCUT2D eigenvalue weighted by molar-refractivity contribution is 7.99. The van der Waals surface area contributed by atoms with Gasteiger partial charge in [0.05, 0.1) is 11.7 Å². The minimum absolute atomic E-state index is 0.184. The minimum Gasteiger partial charge on any atom is -0.323 e. The van der Waals surface area contributed by atoms with Crippen molar-refractivity contribution >= 4 is 17.7 Å². The Morgan fingerprint density at radius 1 is 1.24 bits per heavy atom. The summed E-state index contributed by atoms with van der Waals surface area (Å²) in [4.78, 5) is 15.4. The lowest BCUT2D eigenvalue weighted by Gasteiger charge is -2.37. The molecule has 2 aliphatic carbocycles. The second kappa shape index (κ2) is 6.49. The number of hydrogen-bond donors (Lipinski definition) is 1. The van der Waals surface area contributed by atoms with Crippen molar-refractivity contribution in [2.24, 2.45) is 0 Å². The number of rotatable bonds is 4. The molecule has 1 unspecified atom stereocenters. The summed E-state index contributed by atoms with van der Waals surface area (Å²) in [5.41, 5.74) is -0.184. The monoisotopic (exact) mass is 310 g/mol. The first-order chi connectivity index (χ1) is 10.2. The fourth-order valence-electron chi connectivity index (χ4n) is 4.64. The maximum atomic E-state index is 13.1. The molecule has 2 saturated carbocycles. The predicted octanol–water partition coefficient (Wildman–Crippen LogP) is 3.53. The third-order valence-electron chi connectivity index (χ3n) is 5.81. The molecule has 120 valence electrons. The molecule has 0 bridgehead atoms. The Bertz CT molecular complexity index is 373. The van der Waals surface area contributed by atoms with Gasteiger partial charge in [-0.15, -0.1) is 0 Å². The van der Waals surface area contributed by atoms with Gasteiger partial charge in [0.1, 0.15) is 0 Å². The van der Waals surface area contributed by atoms with Crippen molar-refractivity contribution < 1.29 is 4.79 Å². The molecule has 0 radical (unpaired) electrons. The molecule has 1 amide bonds. The summed E-state index contributed by atoms with van der Waals surface area (Å²) in [7, 11) is 0. The van der Waals surface area contributed by atoms with E-state index in [1.807, 2.05) is 11.8 Å². The zero-order valence-corrected chi connectivity index (χ0v) is 14.4. The molecule has 0 aromatic heterocycles. The second-order valence-corrected chi connectivity index (χ2v) is 8.25. The lowest BCUT2D eigenvalue weighted by molar-refractivity contribution is -0.136. The molecule has 3 rings (SSSR count). The fraction of sp³-hybridized carbons (Fsp3) is 0.941. The topological polar surface area (TPSA) is 32.3 Å². The van der Waals surface area contributed by atoms with E-state index in [9.17, 15) is 4.79 Å². The number of nitrogens with one attached hydrogen (secondary N) is 1. The maximum absolute atomic E-state index is 13.1. The van der Waals surface area contributed by atoms with E-state index in [4.69, 9.17) is 0 Å². The van der Waals surface area contributed by atoms with Crippen LogP contribution in [0.5, 0.6) is 0 Å². The van der Waals surface area contributed by atoms with Crippen molar-refractivity contribution in [3.05, 3.63) is 0 Å². The van der Waals surface area contributed by atoms with Crippen molar-refractivity contribution in [2.75, 3.05) is 6.26 Å². The lowest BCUT2D eigenvalue weighted by Crippen LogP contribution is -2.47. The van der Waals surface area contributed by atoms with E-state index in [0.29, 0.717) is 18.1 Å². The number of carbonyl (C=O) groups is 1. The Labute approximate surface area is 133 Å². The van der Waals surface area contributed by atoms with Crippen LogP contribution in [0, 0.1) is 0 Å². The number of hydrogen-bond acceptors (Lipinski definition) is 3. The first-order valence-electron chi connectivity index (χ1n) is 8.83. The van der Waals surface area contributed by atoms with Crippen LogP contribution in [0.15, 0.2) is 0 Å². The molecule has 3 aliphatic rings. The Morgan fingerprint density at radius 2 is 1.90 bits per heavy atom. The smallest absolute Gasteiger partial charge is 0.244 e. The quantitative estimate of drug-likeness (QED) is 0.862. The van der Waals surface area contributed by atoms with Gasteiger partial charge in [-0.3, -0.25) is 10.1 Å².